The molecule has 1 aliphatic heterocycles. The number of benzene rings is 1. The highest BCUT2D eigenvalue weighted by atomic mass is 16.6. The van der Waals surface area contributed by atoms with E-state index in [2.05, 4.69) is 51.1 Å². The van der Waals surface area contributed by atoms with Crippen LogP contribution in [0.5, 0.6) is 0 Å². The largest absolute Gasteiger partial charge is 0.368 e. The van der Waals surface area contributed by atoms with Crippen LogP contribution in [0.2, 0.25) is 0 Å². The Kier molecular flexibility index (Phi) is 4.43. The van der Waals surface area contributed by atoms with Gasteiger partial charge in [0, 0.05) is 6.42 Å². The van der Waals surface area contributed by atoms with Crippen LogP contribution in [0.1, 0.15) is 39.2 Å². The fourth-order valence-electron chi connectivity index (χ4n) is 2.43. The highest BCUT2D eigenvalue weighted by molar-refractivity contribution is 5.18. The first kappa shape index (κ1) is 14.3. The van der Waals surface area contributed by atoms with Crippen LogP contribution in [0.3, 0.4) is 0 Å². The van der Waals surface area contributed by atoms with Crippen LogP contribution in [0, 0.1) is 5.41 Å². The molecule has 2 atom stereocenters. The van der Waals surface area contributed by atoms with Crippen LogP contribution in [0.25, 0.3) is 0 Å². The maximum Gasteiger partial charge on any atom is 0.159 e. The monoisotopic (exact) mass is 260 g/mol. The molecule has 0 spiro atoms. The molecule has 0 saturated heterocycles. The fraction of sp³-hybridized carbons (Fsp3) is 0.529. The number of aliphatic hydroxyl groups excluding tert-OH is 1. The molecule has 0 radical (unpaired) electrons. The molecule has 0 amide bonds. The Labute approximate surface area is 116 Å². The predicted octanol–water partition coefficient (Wildman–Crippen LogP) is 3.70. The van der Waals surface area contributed by atoms with E-state index in [1.165, 1.54) is 11.1 Å². The Morgan fingerprint density at radius 3 is 2.53 bits per heavy atom. The van der Waals surface area contributed by atoms with Gasteiger partial charge >= 0.3 is 0 Å². The van der Waals surface area contributed by atoms with Crippen molar-refractivity contribution in [2.75, 3.05) is 0 Å². The number of hydrogen-bond acceptors (Lipinski definition) is 2. The zero-order chi connectivity index (χ0) is 13.9. The summed E-state index contributed by atoms with van der Waals surface area (Å²) >= 11 is 0. The summed E-state index contributed by atoms with van der Waals surface area (Å²) in [4.78, 5) is 0. The van der Waals surface area contributed by atoms with Crippen molar-refractivity contribution in [2.24, 2.45) is 5.41 Å². The van der Waals surface area contributed by atoms with Crippen LogP contribution in [-0.4, -0.2) is 17.5 Å². The molecule has 1 heterocycles. The number of hydrogen-bond donors (Lipinski definition) is 1. The lowest BCUT2D eigenvalue weighted by Gasteiger charge is -2.32. The van der Waals surface area contributed by atoms with Gasteiger partial charge in [0.25, 0.3) is 0 Å². The van der Waals surface area contributed by atoms with E-state index in [0.717, 1.165) is 12.8 Å². The molecule has 2 rings (SSSR count). The highest BCUT2D eigenvalue weighted by Gasteiger charge is 2.27. The van der Waals surface area contributed by atoms with Crippen molar-refractivity contribution in [3.8, 4) is 0 Å². The van der Waals surface area contributed by atoms with E-state index in [9.17, 15) is 5.11 Å². The van der Waals surface area contributed by atoms with Crippen molar-refractivity contribution >= 4 is 0 Å². The Balaban J connectivity index is 2.00. The van der Waals surface area contributed by atoms with Gasteiger partial charge in [0.2, 0.25) is 0 Å². The third-order valence-corrected chi connectivity index (χ3v) is 3.64. The Morgan fingerprint density at radius 2 is 1.89 bits per heavy atom. The van der Waals surface area contributed by atoms with Crippen LogP contribution in [0.15, 0.2) is 42.0 Å². The van der Waals surface area contributed by atoms with Gasteiger partial charge in [-0.05, 0) is 23.8 Å². The summed E-state index contributed by atoms with van der Waals surface area (Å²) in [6.07, 6.45) is 4.10. The second-order valence-corrected chi connectivity index (χ2v) is 6.30. The predicted molar refractivity (Wildman–Crippen MR) is 77.8 cm³/mol. The SMILES string of the molecule is CC(C)(C)C1=CC(CCc2ccccc2)OC(O)C1. The minimum atomic E-state index is -0.653. The molecule has 0 aromatic heterocycles. The van der Waals surface area contributed by atoms with Gasteiger partial charge < -0.3 is 9.84 Å². The topological polar surface area (TPSA) is 29.5 Å². The minimum Gasteiger partial charge on any atom is -0.368 e. The van der Waals surface area contributed by atoms with Crippen LogP contribution >= 0.6 is 0 Å². The van der Waals surface area contributed by atoms with Crippen molar-refractivity contribution < 1.29 is 9.84 Å². The minimum absolute atomic E-state index is 0.0261. The van der Waals surface area contributed by atoms with E-state index in [0.29, 0.717) is 6.42 Å². The lowest BCUT2D eigenvalue weighted by atomic mass is 9.82. The maximum absolute atomic E-state index is 9.85. The van der Waals surface area contributed by atoms with Gasteiger partial charge in [0.15, 0.2) is 6.29 Å². The maximum atomic E-state index is 9.85. The van der Waals surface area contributed by atoms with E-state index in [1.807, 2.05) is 6.07 Å². The molecular formula is C17H24O2. The number of aryl methyl sites for hydroxylation is 1. The molecule has 0 aliphatic carbocycles. The fourth-order valence-corrected chi connectivity index (χ4v) is 2.43. The van der Waals surface area contributed by atoms with Crippen molar-refractivity contribution in [1.29, 1.82) is 0 Å². The molecule has 0 bridgehead atoms. The molecule has 2 unspecified atom stereocenters. The molecule has 1 aliphatic rings. The van der Waals surface area contributed by atoms with Gasteiger partial charge in [-0.15, -0.1) is 0 Å². The van der Waals surface area contributed by atoms with E-state index in [1.54, 1.807) is 0 Å². The first-order chi connectivity index (χ1) is 8.95. The Bertz CT molecular complexity index is 428. The molecular weight excluding hydrogens is 236 g/mol. The molecule has 1 N–H and O–H groups in total. The Hall–Kier alpha value is -1.12. The smallest absolute Gasteiger partial charge is 0.159 e. The van der Waals surface area contributed by atoms with Gasteiger partial charge in [0.05, 0.1) is 6.10 Å². The lowest BCUT2D eigenvalue weighted by molar-refractivity contribution is -0.131. The average Bonchev–Trinajstić information content (AvgIpc) is 2.36. The van der Waals surface area contributed by atoms with Gasteiger partial charge in [0.1, 0.15) is 0 Å². The summed E-state index contributed by atoms with van der Waals surface area (Å²) in [6.45, 7) is 6.56. The van der Waals surface area contributed by atoms with E-state index in [-0.39, 0.29) is 11.5 Å². The van der Waals surface area contributed by atoms with E-state index < -0.39 is 6.29 Å². The van der Waals surface area contributed by atoms with Gasteiger partial charge in [-0.2, -0.15) is 0 Å². The van der Waals surface area contributed by atoms with Gasteiger partial charge in [-0.3, -0.25) is 0 Å². The van der Waals surface area contributed by atoms with Gasteiger partial charge in [-0.25, -0.2) is 0 Å². The van der Waals surface area contributed by atoms with Crippen molar-refractivity contribution in [3.05, 3.63) is 47.5 Å². The zero-order valence-corrected chi connectivity index (χ0v) is 12.1. The molecule has 104 valence electrons. The number of aliphatic hydroxyl groups is 1. The Morgan fingerprint density at radius 1 is 1.21 bits per heavy atom. The molecule has 0 fully saturated rings. The molecule has 2 heteroatoms. The number of ether oxygens (including phenoxy) is 1. The zero-order valence-electron chi connectivity index (χ0n) is 12.1. The quantitative estimate of drug-likeness (QED) is 0.840. The lowest BCUT2D eigenvalue weighted by Crippen LogP contribution is -2.30. The van der Waals surface area contributed by atoms with Crippen molar-refractivity contribution in [3.63, 3.8) is 0 Å². The average molecular weight is 260 g/mol. The molecule has 19 heavy (non-hydrogen) atoms. The van der Waals surface area contributed by atoms with Gasteiger partial charge in [-0.1, -0.05) is 62.8 Å². The first-order valence-corrected chi connectivity index (χ1v) is 7.04. The summed E-state index contributed by atoms with van der Waals surface area (Å²) in [6, 6.07) is 10.4. The molecule has 0 saturated carbocycles. The highest BCUT2D eigenvalue weighted by Crippen LogP contribution is 2.33. The van der Waals surface area contributed by atoms with Crippen LogP contribution in [0.4, 0.5) is 0 Å². The standard InChI is InChI=1S/C17H24O2/c1-17(2,3)14-11-15(19-16(18)12-14)10-9-13-7-5-4-6-8-13/h4-8,11,15-16,18H,9-10,12H2,1-3H3. The van der Waals surface area contributed by atoms with Crippen LogP contribution < -0.4 is 0 Å². The van der Waals surface area contributed by atoms with Crippen molar-refractivity contribution in [2.45, 2.75) is 52.4 Å². The van der Waals surface area contributed by atoms with E-state index >= 15 is 0 Å². The first-order valence-electron chi connectivity index (χ1n) is 7.04. The summed E-state index contributed by atoms with van der Waals surface area (Å²) in [5, 5.41) is 9.85. The number of rotatable bonds is 3. The summed E-state index contributed by atoms with van der Waals surface area (Å²) in [5.74, 6) is 0. The third-order valence-electron chi connectivity index (χ3n) is 3.64. The normalized spacial score (nSPS) is 24.1. The van der Waals surface area contributed by atoms with Crippen LogP contribution in [-0.2, 0) is 11.2 Å². The summed E-state index contributed by atoms with van der Waals surface area (Å²) in [5.41, 5.74) is 2.72. The second kappa shape index (κ2) is 5.89. The van der Waals surface area contributed by atoms with Crippen molar-refractivity contribution in [1.82, 2.24) is 0 Å². The molecule has 2 nitrogen and oxygen atoms in total. The summed E-state index contributed by atoms with van der Waals surface area (Å²) < 4.78 is 5.61. The molecule has 1 aromatic carbocycles. The second-order valence-electron chi connectivity index (χ2n) is 6.30. The summed E-state index contributed by atoms with van der Waals surface area (Å²) in [7, 11) is 0. The molecule has 1 aromatic rings. The van der Waals surface area contributed by atoms with E-state index in [4.69, 9.17) is 4.74 Å². The third kappa shape index (κ3) is 4.19.